The molecule has 2 aliphatic rings. The predicted molar refractivity (Wildman–Crippen MR) is 75.9 cm³/mol. The summed E-state index contributed by atoms with van der Waals surface area (Å²) < 4.78 is 7.04. The molecule has 3 heteroatoms. The molecule has 1 aliphatic heterocycles. The molecule has 1 nitrogen and oxygen atoms in total. The second-order valence-electron chi connectivity index (χ2n) is 6.92. The quantitative estimate of drug-likeness (QED) is 0.544. The smallest absolute Gasteiger partial charge is 0.0687 e. The average Bonchev–Trinajstić information content (AvgIpc) is 2.52. The molecule has 0 unspecified atom stereocenters. The van der Waals surface area contributed by atoms with E-state index >= 15 is 0 Å². The van der Waals surface area contributed by atoms with Gasteiger partial charge in [-0.2, -0.15) is 0 Å². The van der Waals surface area contributed by atoms with E-state index in [2.05, 4.69) is 42.5 Å². The molecule has 0 radical (unpaired) electrons. The lowest BCUT2D eigenvalue weighted by Gasteiger charge is -2.35. The first-order valence-corrected chi connectivity index (χ1v) is 11.1. The van der Waals surface area contributed by atoms with Gasteiger partial charge in [-0.25, -0.2) is 0 Å². The van der Waals surface area contributed by atoms with Crippen LogP contribution in [0.4, 0.5) is 0 Å². The fraction of sp³-hybridized carbons (Fsp3) is 1.00. The van der Waals surface area contributed by atoms with Crippen LogP contribution in [0.2, 0.25) is 19.6 Å². The highest BCUT2D eigenvalue weighted by molar-refractivity contribution is 9.10. The minimum Gasteiger partial charge on any atom is -0.371 e. The van der Waals surface area contributed by atoms with Gasteiger partial charge in [0.1, 0.15) is 0 Å². The first kappa shape index (κ1) is 13.1. The topological polar surface area (TPSA) is 9.23 Å². The van der Waals surface area contributed by atoms with Crippen LogP contribution >= 0.6 is 15.9 Å². The number of alkyl halides is 1. The van der Waals surface area contributed by atoms with Crippen molar-refractivity contribution in [3.05, 3.63) is 0 Å². The second-order valence-corrected chi connectivity index (χ2v) is 14.1. The number of hydrogen-bond donors (Lipinski definition) is 0. The first-order chi connectivity index (χ1) is 7.33. The molecule has 4 atom stereocenters. The van der Waals surface area contributed by atoms with Gasteiger partial charge in [0.2, 0.25) is 0 Å². The Morgan fingerprint density at radius 1 is 1.31 bits per heavy atom. The van der Waals surface area contributed by atoms with E-state index in [-0.39, 0.29) is 5.60 Å². The first-order valence-electron chi connectivity index (χ1n) is 6.65. The van der Waals surface area contributed by atoms with E-state index in [0.29, 0.717) is 10.6 Å². The van der Waals surface area contributed by atoms with Crippen LogP contribution in [-0.4, -0.2) is 24.2 Å². The second kappa shape index (κ2) is 4.40. The van der Waals surface area contributed by atoms with Crippen molar-refractivity contribution in [1.82, 2.24) is 0 Å². The molecule has 1 aliphatic carbocycles. The highest BCUT2D eigenvalue weighted by Crippen LogP contribution is 2.48. The Kier molecular flexibility index (Phi) is 3.60. The molecule has 16 heavy (non-hydrogen) atoms. The molecule has 1 saturated carbocycles. The molecule has 0 amide bonds. The zero-order valence-corrected chi connectivity index (χ0v) is 13.6. The van der Waals surface area contributed by atoms with Crippen molar-refractivity contribution in [2.45, 2.75) is 74.8 Å². The molecule has 0 bridgehead atoms. The van der Waals surface area contributed by atoms with Gasteiger partial charge < -0.3 is 4.74 Å². The fourth-order valence-corrected chi connectivity index (χ4v) is 4.95. The molecule has 0 aromatic heterocycles. The highest BCUT2D eigenvalue weighted by atomic mass is 79.9. The third-order valence-corrected chi connectivity index (χ3v) is 11.2. The lowest BCUT2D eigenvalue weighted by Crippen LogP contribution is -2.43. The molecular weight excluding hydrogens is 280 g/mol. The van der Waals surface area contributed by atoms with Crippen molar-refractivity contribution in [3.8, 4) is 0 Å². The van der Waals surface area contributed by atoms with E-state index < -0.39 is 8.07 Å². The van der Waals surface area contributed by atoms with Gasteiger partial charge >= 0.3 is 0 Å². The minimum atomic E-state index is -1.13. The highest BCUT2D eigenvalue weighted by Gasteiger charge is 2.49. The van der Waals surface area contributed by atoms with Crippen molar-refractivity contribution < 1.29 is 4.74 Å². The number of rotatable bonds is 2. The molecule has 1 saturated heterocycles. The SMILES string of the molecule is C[C@@]12CCCC[C@H]1C[C@H]([C@@H](Br)[Si](C)(C)C)O2. The van der Waals surface area contributed by atoms with E-state index in [4.69, 9.17) is 4.74 Å². The monoisotopic (exact) mass is 304 g/mol. The van der Waals surface area contributed by atoms with Crippen LogP contribution < -0.4 is 0 Å². The Bertz CT molecular complexity index is 263. The standard InChI is InChI=1S/C13H25BrOSi/c1-13-8-6-5-7-10(13)9-11(15-13)12(14)16(2,3)4/h10-12H,5-9H2,1-4H3/t10-,11+,12-,13+/m0/s1. The summed E-state index contributed by atoms with van der Waals surface area (Å²) in [5, 5.41) is 0. The number of fused-ring (bicyclic) bond motifs is 1. The third-order valence-electron chi connectivity index (χ3n) is 4.43. The number of halogens is 1. The lowest BCUT2D eigenvalue weighted by atomic mass is 9.76. The Labute approximate surface area is 109 Å². The van der Waals surface area contributed by atoms with Crippen molar-refractivity contribution in [2.75, 3.05) is 0 Å². The molecule has 0 spiro atoms. The summed E-state index contributed by atoms with van der Waals surface area (Å²) in [4.78, 5) is 0. The van der Waals surface area contributed by atoms with E-state index in [1.165, 1.54) is 32.1 Å². The summed E-state index contributed by atoms with van der Waals surface area (Å²) in [5.74, 6) is 0.822. The van der Waals surface area contributed by atoms with E-state index in [9.17, 15) is 0 Å². The molecule has 2 rings (SSSR count). The van der Waals surface area contributed by atoms with Gasteiger partial charge in [0, 0.05) is 4.45 Å². The normalized spacial score (nSPS) is 41.8. The molecule has 0 N–H and O–H groups in total. The zero-order valence-electron chi connectivity index (χ0n) is 11.1. The van der Waals surface area contributed by atoms with Crippen LogP contribution in [0.5, 0.6) is 0 Å². The van der Waals surface area contributed by atoms with Crippen LogP contribution in [0.3, 0.4) is 0 Å². The van der Waals surface area contributed by atoms with Gasteiger partial charge in [0.05, 0.1) is 19.8 Å². The predicted octanol–water partition coefficient (Wildman–Crippen LogP) is 4.37. The van der Waals surface area contributed by atoms with Crippen molar-refractivity contribution in [2.24, 2.45) is 5.92 Å². The fourth-order valence-electron chi connectivity index (χ4n) is 3.31. The van der Waals surface area contributed by atoms with Crippen LogP contribution in [-0.2, 0) is 4.74 Å². The van der Waals surface area contributed by atoms with Crippen molar-refractivity contribution in [3.63, 3.8) is 0 Å². The van der Waals surface area contributed by atoms with Crippen LogP contribution in [0.25, 0.3) is 0 Å². The largest absolute Gasteiger partial charge is 0.371 e. The van der Waals surface area contributed by atoms with Gasteiger partial charge in [0.25, 0.3) is 0 Å². The Balaban J connectivity index is 2.06. The van der Waals surface area contributed by atoms with Gasteiger partial charge in [-0.05, 0) is 32.1 Å². The molecule has 2 fully saturated rings. The minimum absolute atomic E-state index is 0.203. The maximum atomic E-state index is 6.43. The van der Waals surface area contributed by atoms with Crippen molar-refractivity contribution in [1.29, 1.82) is 0 Å². The third kappa shape index (κ3) is 2.41. The van der Waals surface area contributed by atoms with Gasteiger partial charge in [-0.1, -0.05) is 48.4 Å². The summed E-state index contributed by atoms with van der Waals surface area (Å²) >= 11 is 3.92. The number of ether oxygens (including phenoxy) is 1. The van der Waals surface area contributed by atoms with Crippen LogP contribution in [0, 0.1) is 5.92 Å². The maximum absolute atomic E-state index is 6.43. The maximum Gasteiger partial charge on any atom is 0.0687 e. The molecule has 0 aromatic rings. The Morgan fingerprint density at radius 3 is 2.56 bits per heavy atom. The molecular formula is C13H25BrOSi. The summed E-state index contributed by atoms with van der Waals surface area (Å²) in [7, 11) is -1.13. The number of hydrogen-bond acceptors (Lipinski definition) is 1. The van der Waals surface area contributed by atoms with E-state index in [1.807, 2.05) is 0 Å². The Hall–Kier alpha value is 0.657. The summed E-state index contributed by atoms with van der Waals surface area (Å²) in [5.41, 5.74) is 0.203. The summed E-state index contributed by atoms with van der Waals surface area (Å²) in [6.07, 6.45) is 7.20. The zero-order chi connectivity index (χ0) is 12.0. The van der Waals surface area contributed by atoms with Gasteiger partial charge in [-0.15, -0.1) is 0 Å². The average molecular weight is 305 g/mol. The van der Waals surface area contributed by atoms with Crippen LogP contribution in [0.1, 0.15) is 39.0 Å². The van der Waals surface area contributed by atoms with Gasteiger partial charge in [-0.3, -0.25) is 0 Å². The lowest BCUT2D eigenvalue weighted by molar-refractivity contribution is -0.0579. The van der Waals surface area contributed by atoms with Gasteiger partial charge in [0.15, 0.2) is 0 Å². The van der Waals surface area contributed by atoms with Crippen LogP contribution in [0.15, 0.2) is 0 Å². The van der Waals surface area contributed by atoms with E-state index in [0.717, 1.165) is 5.92 Å². The summed E-state index contributed by atoms with van der Waals surface area (Å²) in [6, 6.07) is 0. The Morgan fingerprint density at radius 2 is 2.00 bits per heavy atom. The molecule has 0 aromatic carbocycles. The molecule has 94 valence electrons. The van der Waals surface area contributed by atoms with E-state index in [1.54, 1.807) is 0 Å². The van der Waals surface area contributed by atoms with Crippen molar-refractivity contribution >= 4 is 24.0 Å². The summed E-state index contributed by atoms with van der Waals surface area (Å²) in [6.45, 7) is 9.64. The molecule has 1 heterocycles.